The summed E-state index contributed by atoms with van der Waals surface area (Å²) in [5, 5.41) is 5.01. The molecule has 0 atom stereocenters. The molecular weight excluding hydrogens is 504 g/mol. The van der Waals surface area contributed by atoms with Gasteiger partial charge in [0.25, 0.3) is 0 Å². The van der Waals surface area contributed by atoms with Gasteiger partial charge in [-0.3, -0.25) is 4.57 Å². The van der Waals surface area contributed by atoms with Crippen molar-refractivity contribution in [2.75, 3.05) is 0 Å². The first-order valence-electron chi connectivity index (χ1n) is 13.4. The molecule has 0 unspecified atom stereocenters. The van der Waals surface area contributed by atoms with Crippen molar-refractivity contribution < 1.29 is 0 Å². The largest absolute Gasteiger partial charge is 0.292 e. The Kier molecular flexibility index (Phi) is 5.19. The van der Waals surface area contributed by atoms with Crippen LogP contribution in [0.2, 0.25) is 0 Å². The molecule has 0 N–H and O–H groups in total. The summed E-state index contributed by atoms with van der Waals surface area (Å²) >= 11 is 1.85. The number of nitrogens with zero attached hydrogens (tertiary/aromatic N) is 2. The minimum Gasteiger partial charge on any atom is -0.292 e. The molecule has 0 bridgehead atoms. The predicted octanol–water partition coefficient (Wildman–Crippen LogP) is 10.1. The Morgan fingerprint density at radius 2 is 1.23 bits per heavy atom. The van der Waals surface area contributed by atoms with Crippen LogP contribution >= 0.6 is 11.3 Å². The molecule has 40 heavy (non-hydrogen) atoms. The van der Waals surface area contributed by atoms with E-state index in [1.807, 2.05) is 23.5 Å². The van der Waals surface area contributed by atoms with Crippen molar-refractivity contribution in [3.05, 3.63) is 157 Å². The van der Waals surface area contributed by atoms with E-state index in [1.54, 1.807) is 0 Å². The van der Waals surface area contributed by atoms with Crippen LogP contribution in [0.4, 0.5) is 0 Å². The Labute approximate surface area is 236 Å². The quantitative estimate of drug-likeness (QED) is 0.212. The van der Waals surface area contributed by atoms with Crippen LogP contribution in [0.5, 0.6) is 0 Å². The monoisotopic (exact) mass is 528 g/mol. The third-order valence-electron chi connectivity index (χ3n) is 7.70. The minimum atomic E-state index is 0.845. The number of aromatic nitrogens is 1. The first-order chi connectivity index (χ1) is 19.8. The highest BCUT2D eigenvalue weighted by atomic mass is 32.1. The lowest BCUT2D eigenvalue weighted by Crippen LogP contribution is -2.13. The van der Waals surface area contributed by atoms with E-state index in [-0.39, 0.29) is 0 Å². The number of benzene rings is 5. The summed E-state index contributed by atoms with van der Waals surface area (Å²) in [6, 6.07) is 42.8. The number of hydrogen-bond donors (Lipinski definition) is 0. The molecule has 0 fully saturated rings. The average molecular weight is 529 g/mol. The minimum absolute atomic E-state index is 0.845. The number of allylic oxidation sites excluding steroid dienone is 4. The van der Waals surface area contributed by atoms with Crippen LogP contribution in [0, 0.1) is 0 Å². The summed E-state index contributed by atoms with van der Waals surface area (Å²) in [4.78, 5) is 5.40. The van der Waals surface area contributed by atoms with E-state index in [2.05, 4.69) is 132 Å². The fraction of sp³-hybridized carbons (Fsp3) is 0. The van der Waals surface area contributed by atoms with Gasteiger partial charge < -0.3 is 0 Å². The first-order valence-corrected chi connectivity index (χ1v) is 14.2. The molecule has 3 heteroatoms. The molecule has 0 saturated heterocycles. The van der Waals surface area contributed by atoms with Gasteiger partial charge in [0.1, 0.15) is 5.84 Å². The Hall–Kier alpha value is -4.99. The Bertz CT molecular complexity index is 2210. The van der Waals surface area contributed by atoms with Gasteiger partial charge in [-0.05, 0) is 35.4 Å². The zero-order valence-corrected chi connectivity index (χ0v) is 22.5. The molecule has 1 aliphatic rings. The lowest BCUT2D eigenvalue weighted by Gasteiger charge is -2.13. The molecule has 8 rings (SSSR count). The van der Waals surface area contributed by atoms with Crippen LogP contribution in [0.1, 0.15) is 11.1 Å². The fourth-order valence-corrected chi connectivity index (χ4v) is 7.10. The second-order valence-electron chi connectivity index (χ2n) is 10.1. The molecule has 2 aromatic heterocycles. The number of para-hydroxylation sites is 1. The molecule has 5 aromatic carbocycles. The lowest BCUT2D eigenvalue weighted by molar-refractivity contribution is 1.26. The van der Waals surface area contributed by atoms with Crippen molar-refractivity contribution >= 4 is 70.4 Å². The van der Waals surface area contributed by atoms with Gasteiger partial charge in [0.2, 0.25) is 0 Å². The number of aliphatic imine (C=N–C) groups is 1. The van der Waals surface area contributed by atoms with Crippen molar-refractivity contribution in [2.24, 2.45) is 4.99 Å². The van der Waals surface area contributed by atoms with Crippen molar-refractivity contribution in [3.63, 3.8) is 0 Å². The van der Waals surface area contributed by atoms with Crippen molar-refractivity contribution in [1.82, 2.24) is 4.57 Å². The molecule has 0 spiro atoms. The van der Waals surface area contributed by atoms with Crippen LogP contribution in [0.3, 0.4) is 0 Å². The van der Waals surface area contributed by atoms with Crippen molar-refractivity contribution in [3.8, 4) is 0 Å². The van der Waals surface area contributed by atoms with E-state index in [9.17, 15) is 0 Å². The fourth-order valence-electron chi connectivity index (χ4n) is 5.86. The summed E-state index contributed by atoms with van der Waals surface area (Å²) in [6.07, 6.45) is 4.36. The molecule has 1 aliphatic heterocycles. The van der Waals surface area contributed by atoms with Crippen molar-refractivity contribution in [1.29, 1.82) is 0 Å². The first kappa shape index (κ1) is 22.9. The van der Waals surface area contributed by atoms with E-state index >= 15 is 0 Å². The van der Waals surface area contributed by atoms with E-state index in [0.717, 1.165) is 39.3 Å². The van der Waals surface area contributed by atoms with E-state index in [1.165, 1.54) is 36.5 Å². The van der Waals surface area contributed by atoms with Crippen LogP contribution in [-0.2, 0) is 0 Å². The predicted molar refractivity (Wildman–Crippen MR) is 173 cm³/mol. The maximum absolute atomic E-state index is 5.40. The summed E-state index contributed by atoms with van der Waals surface area (Å²) in [6.45, 7) is 4.59. The summed E-state index contributed by atoms with van der Waals surface area (Å²) < 4.78 is 4.90. The Morgan fingerprint density at radius 3 is 2.02 bits per heavy atom. The number of fused-ring (bicyclic) bond motifs is 7. The van der Waals surface area contributed by atoms with Gasteiger partial charge in [-0.25, -0.2) is 4.99 Å². The van der Waals surface area contributed by atoms with Gasteiger partial charge in [-0.1, -0.05) is 116 Å². The number of thiophene rings is 1. The topological polar surface area (TPSA) is 17.3 Å². The highest BCUT2D eigenvalue weighted by Crippen LogP contribution is 2.42. The van der Waals surface area contributed by atoms with Gasteiger partial charge >= 0.3 is 0 Å². The maximum atomic E-state index is 5.40. The molecule has 2 nitrogen and oxygen atoms in total. The standard InChI is InChI=1S/C37H24N2S/c1-24-22-27(25-12-4-2-5-13-25)23-32(26-14-6-3-7-15-26)38-37(24)39-33-18-10-8-16-28(33)30-20-21-31-29-17-9-11-19-34(29)40-36(31)35(30)39/h2-23H,1H2. The van der Waals surface area contributed by atoms with Gasteiger partial charge in [-0.2, -0.15) is 0 Å². The normalized spacial score (nSPS) is 14.0. The highest BCUT2D eigenvalue weighted by molar-refractivity contribution is 7.26. The van der Waals surface area contributed by atoms with E-state index in [4.69, 9.17) is 4.99 Å². The number of rotatable bonds is 2. The van der Waals surface area contributed by atoms with Gasteiger partial charge in [-0.15, -0.1) is 11.3 Å². The van der Waals surface area contributed by atoms with Gasteiger partial charge in [0.15, 0.2) is 0 Å². The van der Waals surface area contributed by atoms with Gasteiger partial charge in [0.05, 0.1) is 21.4 Å². The third-order valence-corrected chi connectivity index (χ3v) is 8.90. The zero-order valence-electron chi connectivity index (χ0n) is 21.7. The van der Waals surface area contributed by atoms with Gasteiger partial charge in [0, 0.05) is 37.4 Å². The number of hydrogen-bond acceptors (Lipinski definition) is 2. The van der Waals surface area contributed by atoms with Crippen LogP contribution in [0.15, 0.2) is 151 Å². The molecule has 3 heterocycles. The lowest BCUT2D eigenvalue weighted by atomic mass is 10.0. The second-order valence-corrected chi connectivity index (χ2v) is 11.2. The molecular formula is C37H24N2S. The molecule has 7 aromatic rings. The Morgan fingerprint density at radius 1 is 0.575 bits per heavy atom. The third kappa shape index (κ3) is 3.52. The van der Waals surface area contributed by atoms with E-state index in [0.29, 0.717) is 0 Å². The highest BCUT2D eigenvalue weighted by Gasteiger charge is 2.22. The van der Waals surface area contributed by atoms with Crippen LogP contribution in [-0.4, -0.2) is 10.4 Å². The van der Waals surface area contributed by atoms with Crippen LogP contribution in [0.25, 0.3) is 53.2 Å². The second kappa shape index (κ2) is 9.04. The maximum Gasteiger partial charge on any atom is 0.145 e. The smallest absolute Gasteiger partial charge is 0.145 e. The Balaban J connectivity index is 1.48. The molecule has 0 amide bonds. The average Bonchev–Trinajstić information content (AvgIpc) is 3.49. The molecule has 0 aliphatic carbocycles. The van der Waals surface area contributed by atoms with Crippen LogP contribution < -0.4 is 0 Å². The van der Waals surface area contributed by atoms with E-state index < -0.39 is 0 Å². The summed E-state index contributed by atoms with van der Waals surface area (Å²) in [5.41, 5.74) is 7.42. The zero-order chi connectivity index (χ0) is 26.6. The molecule has 188 valence electrons. The van der Waals surface area contributed by atoms with Crippen molar-refractivity contribution in [2.45, 2.75) is 0 Å². The summed E-state index contributed by atoms with van der Waals surface area (Å²) in [5.74, 6) is 0.845. The summed E-state index contributed by atoms with van der Waals surface area (Å²) in [7, 11) is 0. The molecule has 0 saturated carbocycles. The molecule has 0 radical (unpaired) electrons. The SMILES string of the molecule is C=C1C=C(c2ccccc2)C=C(c2ccccc2)N=C1n1c2ccccc2c2ccc3c4ccccc4sc3c21.